The van der Waals surface area contributed by atoms with Gasteiger partial charge in [-0.2, -0.15) is 0 Å². The smallest absolute Gasteiger partial charge is 0.251 e. The first-order valence-electron chi connectivity index (χ1n) is 11.9. The molecule has 32 heavy (non-hydrogen) atoms. The molecule has 5 aliphatic rings. The van der Waals surface area contributed by atoms with Gasteiger partial charge in [-0.3, -0.25) is 14.6 Å². The van der Waals surface area contributed by atoms with Crippen LogP contribution in [0.3, 0.4) is 0 Å². The van der Waals surface area contributed by atoms with E-state index in [1.54, 1.807) is 6.07 Å². The lowest BCUT2D eigenvalue weighted by molar-refractivity contribution is -0.0130. The molecule has 4 atom stereocenters. The van der Waals surface area contributed by atoms with Gasteiger partial charge in [0, 0.05) is 44.3 Å². The summed E-state index contributed by atoms with van der Waals surface area (Å²) >= 11 is 0. The highest BCUT2D eigenvalue weighted by atomic mass is 16.7. The van der Waals surface area contributed by atoms with Crippen molar-refractivity contribution in [3.63, 3.8) is 0 Å². The average Bonchev–Trinajstić information content (AvgIpc) is 3.31. The van der Waals surface area contributed by atoms with Gasteiger partial charge in [0.1, 0.15) is 0 Å². The minimum absolute atomic E-state index is 0.0329. The van der Waals surface area contributed by atoms with Crippen LogP contribution in [0, 0.1) is 11.8 Å². The number of nitrogens with one attached hydrogen (secondary N) is 1. The Bertz CT molecular complexity index is 1010. The Hall–Kier alpha value is -2.57. The third-order valence-corrected chi connectivity index (χ3v) is 7.85. The monoisotopic (exact) mass is 433 g/mol. The summed E-state index contributed by atoms with van der Waals surface area (Å²) < 4.78 is 10.7. The number of rotatable bonds is 5. The zero-order valence-electron chi connectivity index (χ0n) is 18.5. The summed E-state index contributed by atoms with van der Waals surface area (Å²) in [6.07, 6.45) is 3.66. The van der Waals surface area contributed by atoms with Gasteiger partial charge in [0.25, 0.3) is 5.91 Å². The maximum Gasteiger partial charge on any atom is 0.251 e. The van der Waals surface area contributed by atoms with Gasteiger partial charge in [-0.1, -0.05) is 24.3 Å². The van der Waals surface area contributed by atoms with Crippen LogP contribution in [0.5, 0.6) is 11.5 Å². The fourth-order valence-electron chi connectivity index (χ4n) is 6.06. The highest BCUT2D eigenvalue weighted by Crippen LogP contribution is 2.37. The van der Waals surface area contributed by atoms with E-state index in [9.17, 15) is 4.79 Å². The SMILES string of the molecule is O=C(NC[C@H]1C[C@@H]2CCN1C[C@H]2CN1CCc2ccccc2C1)c1ccc2c(c1)OCO2. The quantitative estimate of drug-likeness (QED) is 0.786. The Morgan fingerprint density at radius 3 is 2.81 bits per heavy atom. The van der Waals surface area contributed by atoms with Crippen LogP contribution < -0.4 is 14.8 Å². The van der Waals surface area contributed by atoms with Crippen molar-refractivity contribution >= 4 is 5.91 Å². The molecule has 1 unspecified atom stereocenters. The predicted molar refractivity (Wildman–Crippen MR) is 122 cm³/mol. The molecular formula is C26H31N3O3. The number of carbonyl (C=O) groups excluding carboxylic acids is 1. The fraction of sp³-hybridized carbons (Fsp3) is 0.500. The van der Waals surface area contributed by atoms with Crippen molar-refractivity contribution in [1.29, 1.82) is 0 Å². The molecule has 1 N–H and O–H groups in total. The van der Waals surface area contributed by atoms with Gasteiger partial charge in [-0.15, -0.1) is 0 Å². The van der Waals surface area contributed by atoms with Crippen molar-refractivity contribution < 1.29 is 14.3 Å². The molecule has 0 radical (unpaired) electrons. The molecule has 2 aromatic carbocycles. The van der Waals surface area contributed by atoms with E-state index >= 15 is 0 Å². The van der Waals surface area contributed by atoms with Gasteiger partial charge in [-0.05, 0) is 67.0 Å². The molecule has 1 amide bonds. The maximum atomic E-state index is 12.7. The van der Waals surface area contributed by atoms with E-state index in [-0.39, 0.29) is 12.7 Å². The van der Waals surface area contributed by atoms with E-state index in [4.69, 9.17) is 9.47 Å². The Morgan fingerprint density at radius 1 is 1.06 bits per heavy atom. The van der Waals surface area contributed by atoms with Crippen LogP contribution in [-0.2, 0) is 13.0 Å². The summed E-state index contributed by atoms with van der Waals surface area (Å²) in [6, 6.07) is 14.7. The molecule has 0 aromatic heterocycles. The van der Waals surface area contributed by atoms with Gasteiger partial charge < -0.3 is 14.8 Å². The number of ether oxygens (including phenoxy) is 2. The van der Waals surface area contributed by atoms with Crippen molar-refractivity contribution in [2.45, 2.75) is 31.8 Å². The molecule has 5 aliphatic heterocycles. The number of hydrogen-bond donors (Lipinski definition) is 1. The van der Waals surface area contributed by atoms with Crippen molar-refractivity contribution in [2.75, 3.05) is 39.5 Å². The first-order chi connectivity index (χ1) is 15.7. The van der Waals surface area contributed by atoms with Crippen LogP contribution in [-0.4, -0.2) is 61.3 Å². The topological polar surface area (TPSA) is 54.0 Å². The van der Waals surface area contributed by atoms with E-state index in [1.807, 2.05) is 12.1 Å². The van der Waals surface area contributed by atoms with E-state index in [1.165, 1.54) is 43.5 Å². The van der Waals surface area contributed by atoms with E-state index in [0.717, 1.165) is 31.5 Å². The van der Waals surface area contributed by atoms with E-state index in [2.05, 4.69) is 39.4 Å². The van der Waals surface area contributed by atoms with Crippen molar-refractivity contribution in [3.05, 3.63) is 59.2 Å². The third-order valence-electron chi connectivity index (χ3n) is 7.85. The molecule has 6 heteroatoms. The molecule has 0 aliphatic carbocycles. The van der Waals surface area contributed by atoms with E-state index in [0.29, 0.717) is 29.6 Å². The average molecular weight is 434 g/mol. The number of benzene rings is 2. The molecule has 5 heterocycles. The second-order valence-electron chi connectivity index (χ2n) is 9.73. The number of amides is 1. The minimum Gasteiger partial charge on any atom is -0.454 e. The lowest BCUT2D eigenvalue weighted by Crippen LogP contribution is -2.58. The van der Waals surface area contributed by atoms with Crippen LogP contribution in [0.25, 0.3) is 0 Å². The zero-order valence-corrected chi connectivity index (χ0v) is 18.5. The van der Waals surface area contributed by atoms with Crippen LogP contribution in [0.15, 0.2) is 42.5 Å². The number of nitrogens with zero attached hydrogens (tertiary/aromatic N) is 2. The summed E-state index contributed by atoms with van der Waals surface area (Å²) in [5, 5.41) is 3.16. The summed E-state index contributed by atoms with van der Waals surface area (Å²) in [5.74, 6) is 2.84. The van der Waals surface area contributed by atoms with Crippen LogP contribution >= 0.6 is 0 Å². The number of fused-ring (bicyclic) bond motifs is 5. The molecular weight excluding hydrogens is 402 g/mol. The first kappa shape index (κ1) is 20.1. The summed E-state index contributed by atoms with van der Waals surface area (Å²) in [6.45, 7) is 6.73. The van der Waals surface area contributed by atoms with Crippen molar-refractivity contribution in [3.8, 4) is 11.5 Å². The Labute approximate surface area is 189 Å². The molecule has 168 valence electrons. The number of carbonyl (C=O) groups is 1. The van der Waals surface area contributed by atoms with Gasteiger partial charge in [-0.25, -0.2) is 0 Å². The lowest BCUT2D eigenvalue weighted by Gasteiger charge is -2.51. The Kier molecular flexibility index (Phi) is 5.27. The van der Waals surface area contributed by atoms with Crippen molar-refractivity contribution in [1.82, 2.24) is 15.1 Å². The molecule has 3 fully saturated rings. The van der Waals surface area contributed by atoms with Gasteiger partial charge in [0.15, 0.2) is 11.5 Å². The second kappa shape index (κ2) is 8.41. The van der Waals surface area contributed by atoms with Gasteiger partial charge in [0.05, 0.1) is 0 Å². The molecule has 7 rings (SSSR count). The maximum absolute atomic E-state index is 12.7. The second-order valence-corrected chi connectivity index (χ2v) is 9.73. The third kappa shape index (κ3) is 3.86. The number of hydrogen-bond acceptors (Lipinski definition) is 5. The predicted octanol–water partition coefficient (Wildman–Crippen LogP) is 2.91. The lowest BCUT2D eigenvalue weighted by atomic mass is 9.75. The van der Waals surface area contributed by atoms with Crippen LogP contribution in [0.2, 0.25) is 0 Å². The number of piperidine rings is 3. The summed E-state index contributed by atoms with van der Waals surface area (Å²) in [4.78, 5) is 18.0. The highest BCUT2D eigenvalue weighted by molar-refractivity contribution is 5.94. The minimum atomic E-state index is -0.0329. The normalized spacial score (nSPS) is 28.4. The van der Waals surface area contributed by atoms with Gasteiger partial charge >= 0.3 is 0 Å². The molecule has 2 bridgehead atoms. The first-order valence-corrected chi connectivity index (χ1v) is 11.9. The van der Waals surface area contributed by atoms with Crippen LogP contribution in [0.4, 0.5) is 0 Å². The molecule has 0 spiro atoms. The Balaban J connectivity index is 1.03. The fourth-order valence-corrected chi connectivity index (χ4v) is 6.06. The van der Waals surface area contributed by atoms with Gasteiger partial charge in [0.2, 0.25) is 6.79 Å². The Morgan fingerprint density at radius 2 is 1.94 bits per heavy atom. The zero-order chi connectivity index (χ0) is 21.5. The molecule has 0 saturated carbocycles. The largest absolute Gasteiger partial charge is 0.454 e. The summed E-state index contributed by atoms with van der Waals surface area (Å²) in [7, 11) is 0. The molecule has 6 nitrogen and oxygen atoms in total. The molecule has 2 aromatic rings. The van der Waals surface area contributed by atoms with E-state index < -0.39 is 0 Å². The summed E-state index contributed by atoms with van der Waals surface area (Å²) in [5.41, 5.74) is 3.66. The highest BCUT2D eigenvalue weighted by Gasteiger charge is 2.40. The standard InChI is InChI=1S/C26H31N3O3/c30-26(20-5-6-24-25(12-20)32-17-31-24)27-13-23-11-19-8-10-29(23)16-22(19)15-28-9-7-18-3-1-2-4-21(18)14-28/h1-6,12,19,22-23H,7-11,13-17H2,(H,27,30)/t19-,22+,23+/m0/s1. The molecule has 3 saturated heterocycles. The van der Waals surface area contributed by atoms with Crippen LogP contribution in [0.1, 0.15) is 34.3 Å². The van der Waals surface area contributed by atoms with Crippen molar-refractivity contribution in [2.24, 2.45) is 11.8 Å².